The number of carbonyl (C=O) groups excluding carboxylic acids is 1. The van der Waals surface area contributed by atoms with Crippen LogP contribution >= 0.6 is 11.6 Å². The first kappa shape index (κ1) is 19.5. The summed E-state index contributed by atoms with van der Waals surface area (Å²) in [5, 5.41) is 12.4. The number of rotatable bonds is 4. The number of nitrogens with zero attached hydrogens (tertiary/aromatic N) is 4. The van der Waals surface area contributed by atoms with Crippen LogP contribution in [0.2, 0.25) is 5.02 Å². The van der Waals surface area contributed by atoms with Crippen molar-refractivity contribution in [1.29, 1.82) is 0 Å². The Balaban J connectivity index is 1.67. The van der Waals surface area contributed by atoms with Gasteiger partial charge >= 0.3 is 6.03 Å². The summed E-state index contributed by atoms with van der Waals surface area (Å²) in [5.41, 5.74) is 2.68. The Bertz CT molecular complexity index is 1000. The molecule has 0 aliphatic carbocycles. The Morgan fingerprint density at radius 2 is 1.97 bits per heavy atom. The smallest absolute Gasteiger partial charge is 0.307 e. The van der Waals surface area contributed by atoms with E-state index >= 15 is 0 Å². The molecule has 6 nitrogen and oxygen atoms in total. The summed E-state index contributed by atoms with van der Waals surface area (Å²) in [6, 6.07) is 15.0. The number of amides is 2. The van der Waals surface area contributed by atoms with Crippen molar-refractivity contribution < 1.29 is 4.79 Å². The molecule has 2 heterocycles. The van der Waals surface area contributed by atoms with Crippen LogP contribution in [-0.2, 0) is 19.5 Å². The number of carbonyl (C=O) groups is 1. The molecule has 3 aromatic rings. The van der Waals surface area contributed by atoms with Crippen LogP contribution in [0.4, 0.5) is 16.4 Å². The first-order valence-corrected chi connectivity index (χ1v) is 10.3. The number of aryl methyl sites for hydroxylation is 2. The monoisotopic (exact) mass is 409 g/mol. The molecule has 1 aromatic heterocycles. The highest BCUT2D eigenvalue weighted by atomic mass is 35.5. The minimum absolute atomic E-state index is 0.243. The number of halogens is 1. The van der Waals surface area contributed by atoms with Gasteiger partial charge in [0, 0.05) is 23.7 Å². The van der Waals surface area contributed by atoms with E-state index in [-0.39, 0.29) is 6.03 Å². The predicted molar refractivity (Wildman–Crippen MR) is 115 cm³/mol. The molecule has 1 aliphatic rings. The maximum absolute atomic E-state index is 13.2. The van der Waals surface area contributed by atoms with E-state index in [4.69, 9.17) is 11.6 Å². The van der Waals surface area contributed by atoms with Crippen molar-refractivity contribution in [1.82, 2.24) is 14.8 Å². The van der Waals surface area contributed by atoms with Gasteiger partial charge in [0.05, 0.1) is 6.54 Å². The second kappa shape index (κ2) is 8.66. The Labute approximate surface area is 175 Å². The van der Waals surface area contributed by atoms with Crippen LogP contribution in [0.5, 0.6) is 0 Å². The van der Waals surface area contributed by atoms with Crippen molar-refractivity contribution in [3.8, 4) is 0 Å². The van der Waals surface area contributed by atoms with E-state index in [0.29, 0.717) is 17.5 Å². The third kappa shape index (κ3) is 4.43. The number of urea groups is 1. The van der Waals surface area contributed by atoms with Crippen molar-refractivity contribution in [3.05, 3.63) is 70.5 Å². The Hall–Kier alpha value is -2.86. The van der Waals surface area contributed by atoms with Gasteiger partial charge in [0.2, 0.25) is 5.95 Å². The zero-order valence-corrected chi connectivity index (χ0v) is 17.2. The standard InChI is InChI=1S/C22H24ClN5O/c1-16-11-12-17(14-19(16)23)15-28(22(29)24-18-8-4-2-5-9-18)21-26-25-20-10-6-3-7-13-27(20)21/h2,4-5,8-9,11-12,14H,3,6-7,10,13,15H2,1H3,(H,24,29). The van der Waals surface area contributed by atoms with Gasteiger partial charge in [-0.25, -0.2) is 4.79 Å². The molecule has 150 valence electrons. The van der Waals surface area contributed by atoms with Gasteiger partial charge in [0.25, 0.3) is 0 Å². The lowest BCUT2D eigenvalue weighted by molar-refractivity contribution is 0.256. The molecule has 0 saturated heterocycles. The molecule has 0 unspecified atom stereocenters. The van der Waals surface area contributed by atoms with Crippen molar-refractivity contribution in [3.63, 3.8) is 0 Å². The summed E-state index contributed by atoms with van der Waals surface area (Å²) in [6.45, 7) is 3.14. The maximum atomic E-state index is 13.2. The zero-order valence-electron chi connectivity index (χ0n) is 16.4. The van der Waals surface area contributed by atoms with E-state index in [1.54, 1.807) is 4.90 Å². The van der Waals surface area contributed by atoms with Gasteiger partial charge < -0.3 is 5.32 Å². The number of fused-ring (bicyclic) bond motifs is 1. The normalized spacial score (nSPS) is 13.4. The quantitative estimate of drug-likeness (QED) is 0.643. The third-order valence-corrected chi connectivity index (χ3v) is 5.59. The molecule has 0 atom stereocenters. The minimum Gasteiger partial charge on any atom is -0.307 e. The third-order valence-electron chi connectivity index (χ3n) is 5.18. The average Bonchev–Trinajstić information content (AvgIpc) is 2.97. The number of para-hydroxylation sites is 1. The second-order valence-electron chi connectivity index (χ2n) is 7.34. The lowest BCUT2D eigenvalue weighted by atomic mass is 10.1. The molecular formula is C22H24ClN5O. The number of aromatic nitrogens is 3. The number of anilines is 2. The van der Waals surface area contributed by atoms with Crippen LogP contribution in [0.25, 0.3) is 0 Å². The van der Waals surface area contributed by atoms with Gasteiger partial charge in [-0.05, 0) is 49.1 Å². The summed E-state index contributed by atoms with van der Waals surface area (Å²) >= 11 is 6.32. The van der Waals surface area contributed by atoms with Crippen molar-refractivity contribution in [2.75, 3.05) is 10.2 Å². The van der Waals surface area contributed by atoms with Crippen LogP contribution < -0.4 is 10.2 Å². The predicted octanol–water partition coefficient (Wildman–Crippen LogP) is 5.21. The Morgan fingerprint density at radius 1 is 1.14 bits per heavy atom. The molecule has 7 heteroatoms. The van der Waals surface area contributed by atoms with E-state index in [1.165, 1.54) is 0 Å². The van der Waals surface area contributed by atoms with Crippen LogP contribution in [0.15, 0.2) is 48.5 Å². The first-order chi connectivity index (χ1) is 14.1. The summed E-state index contributed by atoms with van der Waals surface area (Å²) in [4.78, 5) is 14.9. The Kier molecular flexibility index (Phi) is 5.81. The molecule has 1 aliphatic heterocycles. The number of nitrogens with one attached hydrogen (secondary N) is 1. The van der Waals surface area contributed by atoms with Gasteiger partial charge in [-0.15, -0.1) is 10.2 Å². The number of hydrogen-bond donors (Lipinski definition) is 1. The molecule has 1 N–H and O–H groups in total. The molecule has 0 spiro atoms. The fraction of sp³-hybridized carbons (Fsp3) is 0.318. The molecule has 0 bridgehead atoms. The first-order valence-electron chi connectivity index (χ1n) is 9.92. The fourth-order valence-corrected chi connectivity index (χ4v) is 3.74. The largest absolute Gasteiger partial charge is 0.329 e. The van der Waals surface area contributed by atoms with E-state index in [9.17, 15) is 4.79 Å². The van der Waals surface area contributed by atoms with Gasteiger partial charge in [0.1, 0.15) is 5.82 Å². The van der Waals surface area contributed by atoms with Gasteiger partial charge in [-0.1, -0.05) is 48.4 Å². The number of benzene rings is 2. The van der Waals surface area contributed by atoms with Gasteiger partial charge in [0.15, 0.2) is 0 Å². The van der Waals surface area contributed by atoms with Crippen molar-refractivity contribution in [2.45, 2.75) is 45.7 Å². The van der Waals surface area contributed by atoms with Crippen LogP contribution in [0, 0.1) is 6.92 Å². The van der Waals surface area contributed by atoms with E-state index < -0.39 is 0 Å². The zero-order chi connectivity index (χ0) is 20.2. The van der Waals surface area contributed by atoms with E-state index in [0.717, 1.165) is 54.9 Å². The van der Waals surface area contributed by atoms with Crippen molar-refractivity contribution >= 4 is 29.3 Å². The van der Waals surface area contributed by atoms with Gasteiger partial charge in [-0.3, -0.25) is 9.47 Å². The lowest BCUT2D eigenvalue weighted by Gasteiger charge is -2.23. The highest BCUT2D eigenvalue weighted by Crippen LogP contribution is 2.24. The molecular weight excluding hydrogens is 386 g/mol. The number of hydrogen-bond acceptors (Lipinski definition) is 3. The average molecular weight is 410 g/mol. The van der Waals surface area contributed by atoms with Crippen molar-refractivity contribution in [2.24, 2.45) is 0 Å². The minimum atomic E-state index is -0.243. The van der Waals surface area contributed by atoms with Crippen LogP contribution in [-0.4, -0.2) is 20.8 Å². The fourth-order valence-electron chi connectivity index (χ4n) is 3.53. The van der Waals surface area contributed by atoms with Crippen LogP contribution in [0.1, 0.15) is 36.2 Å². The second-order valence-corrected chi connectivity index (χ2v) is 7.75. The highest BCUT2D eigenvalue weighted by molar-refractivity contribution is 6.31. The molecule has 29 heavy (non-hydrogen) atoms. The molecule has 2 amide bonds. The molecule has 0 fully saturated rings. The Morgan fingerprint density at radius 3 is 2.76 bits per heavy atom. The highest BCUT2D eigenvalue weighted by Gasteiger charge is 2.25. The van der Waals surface area contributed by atoms with Gasteiger partial charge in [-0.2, -0.15) is 0 Å². The molecule has 0 saturated carbocycles. The summed E-state index contributed by atoms with van der Waals surface area (Å²) in [6.07, 6.45) is 4.20. The molecule has 4 rings (SSSR count). The lowest BCUT2D eigenvalue weighted by Crippen LogP contribution is -2.36. The summed E-state index contributed by atoms with van der Waals surface area (Å²) in [7, 11) is 0. The summed E-state index contributed by atoms with van der Waals surface area (Å²) in [5.74, 6) is 1.52. The summed E-state index contributed by atoms with van der Waals surface area (Å²) < 4.78 is 2.08. The maximum Gasteiger partial charge on any atom is 0.329 e. The SMILES string of the molecule is Cc1ccc(CN(C(=O)Nc2ccccc2)c2nnc3n2CCCCC3)cc1Cl. The van der Waals surface area contributed by atoms with E-state index in [1.807, 2.05) is 55.5 Å². The topological polar surface area (TPSA) is 63.1 Å². The van der Waals surface area contributed by atoms with Crippen LogP contribution in [0.3, 0.4) is 0 Å². The molecule has 0 radical (unpaired) electrons. The molecule has 2 aromatic carbocycles. The van der Waals surface area contributed by atoms with E-state index in [2.05, 4.69) is 20.1 Å².